The lowest BCUT2D eigenvalue weighted by molar-refractivity contribution is 0.166. The van der Waals surface area contributed by atoms with Crippen molar-refractivity contribution >= 4 is 18.2 Å². The van der Waals surface area contributed by atoms with Gasteiger partial charge in [-0.25, -0.2) is 0 Å². The van der Waals surface area contributed by atoms with Gasteiger partial charge in [0.15, 0.2) is 0 Å². The Morgan fingerprint density at radius 1 is 1.60 bits per heavy atom. The summed E-state index contributed by atoms with van der Waals surface area (Å²) in [5, 5.41) is 15.6. The maximum Gasteiger partial charge on any atom is 0.0911 e. The Hall–Kier alpha value is -0.280. The smallest absolute Gasteiger partial charge is 0.0911 e. The topological polar surface area (TPSA) is 70.1 Å². The van der Waals surface area contributed by atoms with Crippen LogP contribution in [0.25, 0.3) is 0 Å². The summed E-state index contributed by atoms with van der Waals surface area (Å²) in [5.41, 5.74) is 4.90. The molecule has 0 unspecified atom stereocenters. The van der Waals surface area contributed by atoms with Crippen LogP contribution in [0.4, 0.5) is 0 Å². The second-order valence-corrected chi connectivity index (χ2v) is 3.02. The van der Waals surface area contributed by atoms with Crippen molar-refractivity contribution in [3.8, 4) is 0 Å². The van der Waals surface area contributed by atoms with Gasteiger partial charge in [0, 0.05) is 13.0 Å². The van der Waals surface area contributed by atoms with E-state index in [9.17, 15) is 0 Å². The third kappa shape index (κ3) is 5.85. The summed E-state index contributed by atoms with van der Waals surface area (Å²) >= 11 is 0. The number of hydrogen-bond acceptors (Lipinski definition) is 2. The van der Waals surface area contributed by atoms with E-state index in [2.05, 4.69) is 0 Å². The first-order valence-corrected chi connectivity index (χ1v) is 2.92. The van der Waals surface area contributed by atoms with Crippen LogP contribution in [-0.2, 0) is 0 Å². The van der Waals surface area contributed by atoms with E-state index in [1.807, 2.05) is 13.8 Å². The Balaban J connectivity index is 0. The molecule has 0 aliphatic heterocycles. The zero-order valence-corrected chi connectivity index (χ0v) is 7.16. The summed E-state index contributed by atoms with van der Waals surface area (Å²) in [7, 11) is 0. The first kappa shape index (κ1) is 12.4. The highest BCUT2D eigenvalue weighted by Crippen LogP contribution is 2.17. The highest BCUT2D eigenvalue weighted by Gasteiger charge is 2.16. The van der Waals surface area contributed by atoms with Crippen molar-refractivity contribution in [3.05, 3.63) is 0 Å². The van der Waals surface area contributed by atoms with Gasteiger partial charge in [-0.15, -0.1) is 12.4 Å². The van der Waals surface area contributed by atoms with Gasteiger partial charge in [0.2, 0.25) is 0 Å². The fraction of sp³-hybridized carbons (Fsp3) is 0.833. The molecule has 0 amide bonds. The molecule has 0 rings (SSSR count). The van der Waals surface area contributed by atoms with E-state index in [1.165, 1.54) is 0 Å². The van der Waals surface area contributed by atoms with Crippen molar-refractivity contribution in [3.63, 3.8) is 0 Å². The molecule has 0 aromatic carbocycles. The molecule has 0 fully saturated rings. The van der Waals surface area contributed by atoms with E-state index in [0.717, 1.165) is 0 Å². The average molecular weight is 167 g/mol. The van der Waals surface area contributed by atoms with E-state index in [-0.39, 0.29) is 30.3 Å². The van der Waals surface area contributed by atoms with Gasteiger partial charge in [-0.3, -0.25) is 5.41 Å². The van der Waals surface area contributed by atoms with Crippen molar-refractivity contribution < 1.29 is 5.11 Å². The maximum absolute atomic E-state index is 8.69. The summed E-state index contributed by atoms with van der Waals surface area (Å²) < 4.78 is 0. The Labute approximate surface area is 67.5 Å². The Morgan fingerprint density at radius 3 is 2.10 bits per heavy atom. The van der Waals surface area contributed by atoms with E-state index < -0.39 is 0 Å². The largest absolute Gasteiger partial charge is 0.396 e. The minimum Gasteiger partial charge on any atom is -0.396 e. The van der Waals surface area contributed by atoms with Crippen LogP contribution in [0.5, 0.6) is 0 Å². The highest BCUT2D eigenvalue weighted by atomic mass is 35.5. The number of aliphatic hydroxyl groups is 1. The molecule has 10 heavy (non-hydrogen) atoms. The van der Waals surface area contributed by atoms with Gasteiger partial charge in [-0.1, -0.05) is 13.8 Å². The van der Waals surface area contributed by atoms with E-state index in [1.54, 1.807) is 0 Å². The Kier molecular flexibility index (Phi) is 5.61. The van der Waals surface area contributed by atoms with Crippen LogP contribution >= 0.6 is 12.4 Å². The molecule has 0 aromatic heterocycles. The lowest BCUT2D eigenvalue weighted by Gasteiger charge is -2.19. The normalized spacial score (nSPS) is 10.3. The highest BCUT2D eigenvalue weighted by molar-refractivity contribution is 5.85. The van der Waals surface area contributed by atoms with Crippen LogP contribution < -0.4 is 5.73 Å². The lowest BCUT2D eigenvalue weighted by Crippen LogP contribution is -2.24. The van der Waals surface area contributed by atoms with Gasteiger partial charge in [-0.05, 0) is 5.41 Å². The van der Waals surface area contributed by atoms with Crippen LogP contribution in [0.2, 0.25) is 0 Å². The predicted molar refractivity (Wildman–Crippen MR) is 44.6 cm³/mol. The van der Waals surface area contributed by atoms with E-state index in [0.29, 0.717) is 6.42 Å². The third-order valence-electron chi connectivity index (χ3n) is 1.10. The number of amidine groups is 1. The lowest BCUT2D eigenvalue weighted by atomic mass is 9.90. The zero-order chi connectivity index (χ0) is 7.49. The monoisotopic (exact) mass is 166 g/mol. The van der Waals surface area contributed by atoms with Gasteiger partial charge in [-0.2, -0.15) is 0 Å². The Morgan fingerprint density at radius 2 is 2.00 bits per heavy atom. The number of halogens is 1. The molecule has 3 nitrogen and oxygen atoms in total. The minimum absolute atomic E-state index is 0. The number of nitrogens with two attached hydrogens (primary N) is 1. The van der Waals surface area contributed by atoms with Crippen molar-refractivity contribution in [1.82, 2.24) is 0 Å². The van der Waals surface area contributed by atoms with Gasteiger partial charge in [0.25, 0.3) is 0 Å². The quantitative estimate of drug-likeness (QED) is 0.428. The number of aliphatic hydroxyl groups excluding tert-OH is 1. The van der Waals surface area contributed by atoms with Crippen LogP contribution in [0.15, 0.2) is 0 Å². The molecule has 0 atom stereocenters. The molecular formula is C6H15ClN2O. The molecule has 0 aromatic rings. The number of hydrogen-bond donors (Lipinski definition) is 3. The van der Waals surface area contributed by atoms with Gasteiger partial charge >= 0.3 is 0 Å². The van der Waals surface area contributed by atoms with Crippen LogP contribution in [0.3, 0.4) is 0 Å². The summed E-state index contributed by atoms with van der Waals surface area (Å²) in [4.78, 5) is 0. The fourth-order valence-corrected chi connectivity index (χ4v) is 0.571. The first-order chi connectivity index (χ1) is 3.98. The molecule has 0 spiro atoms. The standard InChI is InChI=1S/C6H14N2O.ClH/c1-6(2,4-9)3-5(7)8;/h9H,3-4H2,1-2H3,(H3,7,8);1H. The fourth-order valence-electron chi connectivity index (χ4n) is 0.571. The summed E-state index contributed by atoms with van der Waals surface area (Å²) in [6.45, 7) is 3.81. The number of nitrogens with one attached hydrogen (secondary N) is 1. The Bertz CT molecular complexity index is 114. The number of rotatable bonds is 3. The van der Waals surface area contributed by atoms with Crippen molar-refractivity contribution in [2.45, 2.75) is 20.3 Å². The van der Waals surface area contributed by atoms with Gasteiger partial charge < -0.3 is 10.8 Å². The second-order valence-electron chi connectivity index (χ2n) is 3.02. The summed E-state index contributed by atoms with van der Waals surface area (Å²) in [6.07, 6.45) is 0.462. The van der Waals surface area contributed by atoms with Crippen molar-refractivity contribution in [2.24, 2.45) is 11.1 Å². The maximum atomic E-state index is 8.69. The third-order valence-corrected chi connectivity index (χ3v) is 1.10. The molecule has 62 valence electrons. The molecule has 4 heteroatoms. The molecule has 0 aliphatic rings. The average Bonchev–Trinajstić information content (AvgIpc) is 1.63. The van der Waals surface area contributed by atoms with Crippen LogP contribution in [-0.4, -0.2) is 17.5 Å². The van der Waals surface area contributed by atoms with Crippen LogP contribution in [0.1, 0.15) is 20.3 Å². The van der Waals surface area contributed by atoms with E-state index >= 15 is 0 Å². The predicted octanol–water partition coefficient (Wildman–Crippen LogP) is 0.753. The molecule has 0 aliphatic carbocycles. The SMILES string of the molecule is CC(C)(CO)CC(=N)N.Cl. The zero-order valence-electron chi connectivity index (χ0n) is 6.35. The molecular weight excluding hydrogens is 152 g/mol. The van der Waals surface area contributed by atoms with E-state index in [4.69, 9.17) is 16.2 Å². The van der Waals surface area contributed by atoms with Crippen molar-refractivity contribution in [1.29, 1.82) is 5.41 Å². The molecule has 0 bridgehead atoms. The van der Waals surface area contributed by atoms with Gasteiger partial charge in [0.05, 0.1) is 5.84 Å². The first-order valence-electron chi connectivity index (χ1n) is 2.92. The minimum atomic E-state index is -0.230. The van der Waals surface area contributed by atoms with Gasteiger partial charge in [0.1, 0.15) is 0 Å². The molecule has 0 radical (unpaired) electrons. The second kappa shape index (κ2) is 4.52. The molecule has 0 saturated carbocycles. The van der Waals surface area contributed by atoms with Crippen LogP contribution in [0, 0.1) is 10.8 Å². The van der Waals surface area contributed by atoms with Crippen molar-refractivity contribution in [2.75, 3.05) is 6.61 Å². The molecule has 0 saturated heterocycles. The summed E-state index contributed by atoms with van der Waals surface area (Å²) in [5.74, 6) is 0.133. The summed E-state index contributed by atoms with van der Waals surface area (Å²) in [6, 6.07) is 0. The molecule has 0 heterocycles. The molecule has 4 N–H and O–H groups in total.